The minimum absolute atomic E-state index is 0.122. The van der Waals surface area contributed by atoms with Gasteiger partial charge in [0.2, 0.25) is 10.0 Å². The van der Waals surface area contributed by atoms with E-state index < -0.39 is 10.0 Å². The van der Waals surface area contributed by atoms with Crippen LogP contribution in [0.25, 0.3) is 0 Å². The van der Waals surface area contributed by atoms with Gasteiger partial charge in [0.1, 0.15) is 11.6 Å². The van der Waals surface area contributed by atoms with Crippen LogP contribution in [-0.4, -0.2) is 48.1 Å². The van der Waals surface area contributed by atoms with E-state index in [4.69, 9.17) is 9.97 Å². The molecule has 7 heteroatoms. The summed E-state index contributed by atoms with van der Waals surface area (Å²) in [4.78, 5) is 12.1. The summed E-state index contributed by atoms with van der Waals surface area (Å²) in [6.45, 7) is 6.21. The molecule has 0 spiro atoms. The van der Waals surface area contributed by atoms with Gasteiger partial charge in [-0.2, -0.15) is 4.31 Å². The molecule has 0 amide bonds. The Morgan fingerprint density at radius 1 is 1.10 bits per heavy atom. The number of aromatic nitrogens is 2. The van der Waals surface area contributed by atoms with Crippen LogP contribution in [0.2, 0.25) is 0 Å². The third kappa shape index (κ3) is 4.16. The predicted molar refractivity (Wildman–Crippen MR) is 116 cm³/mol. The van der Waals surface area contributed by atoms with Crippen LogP contribution in [-0.2, 0) is 22.9 Å². The zero-order valence-corrected chi connectivity index (χ0v) is 18.2. The molecule has 0 aliphatic carbocycles. The molecule has 156 valence electrons. The Hall–Kier alpha value is -1.99. The second kappa shape index (κ2) is 8.40. The minimum atomic E-state index is -3.25. The normalized spacial score (nSPS) is 20.1. The molecule has 0 radical (unpaired) electrons. The molecule has 3 heterocycles. The van der Waals surface area contributed by atoms with Crippen molar-refractivity contribution in [3.63, 3.8) is 0 Å². The number of hydrogen-bond donors (Lipinski definition) is 0. The first-order valence-electron chi connectivity index (χ1n) is 10.7. The Kier molecular flexibility index (Phi) is 5.88. The highest BCUT2D eigenvalue weighted by Crippen LogP contribution is 2.35. The van der Waals surface area contributed by atoms with Crippen molar-refractivity contribution in [1.29, 1.82) is 0 Å². The molecule has 6 nitrogen and oxygen atoms in total. The fourth-order valence-electron chi connectivity index (χ4n) is 4.48. The second-order valence-corrected chi connectivity index (χ2v) is 10.2. The smallest absolute Gasteiger partial charge is 0.214 e. The molecule has 0 bridgehead atoms. The Bertz CT molecular complexity index is 962. The first kappa shape index (κ1) is 20.3. The fourth-order valence-corrected chi connectivity index (χ4v) is 5.81. The highest BCUT2D eigenvalue weighted by Gasteiger charge is 2.37. The second-order valence-electron chi connectivity index (χ2n) is 7.96. The van der Waals surface area contributed by atoms with Gasteiger partial charge in [0, 0.05) is 30.9 Å². The molecule has 1 aromatic heterocycles. The number of nitrogens with zero attached hydrogens (tertiary/aromatic N) is 4. The van der Waals surface area contributed by atoms with Crippen LogP contribution in [0.1, 0.15) is 54.9 Å². The molecular formula is C22H30N4O2S. The first-order chi connectivity index (χ1) is 14.0. The van der Waals surface area contributed by atoms with E-state index in [-0.39, 0.29) is 11.8 Å². The fraction of sp³-hybridized carbons (Fsp3) is 0.545. The number of fused-ring (bicyclic) bond motifs is 1. The van der Waals surface area contributed by atoms with Crippen LogP contribution in [0.3, 0.4) is 0 Å². The van der Waals surface area contributed by atoms with E-state index in [1.807, 2.05) is 13.0 Å². The van der Waals surface area contributed by atoms with Gasteiger partial charge in [-0.05, 0) is 51.5 Å². The quantitative estimate of drug-likeness (QED) is 0.726. The number of benzene rings is 1. The van der Waals surface area contributed by atoms with Gasteiger partial charge in [0.15, 0.2) is 0 Å². The van der Waals surface area contributed by atoms with Crippen LogP contribution in [0, 0.1) is 6.92 Å². The van der Waals surface area contributed by atoms with Gasteiger partial charge >= 0.3 is 0 Å². The van der Waals surface area contributed by atoms with E-state index in [1.54, 1.807) is 11.2 Å². The summed E-state index contributed by atoms with van der Waals surface area (Å²) in [7, 11) is -3.25. The summed E-state index contributed by atoms with van der Waals surface area (Å²) in [6, 6.07) is 10.3. The maximum absolute atomic E-state index is 12.5. The largest absolute Gasteiger partial charge is 0.356 e. The Morgan fingerprint density at radius 2 is 1.90 bits per heavy atom. The third-order valence-electron chi connectivity index (χ3n) is 6.10. The van der Waals surface area contributed by atoms with E-state index in [0.29, 0.717) is 12.4 Å². The van der Waals surface area contributed by atoms with Crippen molar-refractivity contribution >= 4 is 15.8 Å². The Labute approximate surface area is 174 Å². The van der Waals surface area contributed by atoms with Gasteiger partial charge in [0.25, 0.3) is 0 Å². The summed E-state index contributed by atoms with van der Waals surface area (Å²) in [5.74, 6) is 1.80. The van der Waals surface area contributed by atoms with Gasteiger partial charge in [-0.15, -0.1) is 0 Å². The zero-order valence-electron chi connectivity index (χ0n) is 17.3. The van der Waals surface area contributed by atoms with E-state index >= 15 is 0 Å². The van der Waals surface area contributed by atoms with Crippen LogP contribution in [0.15, 0.2) is 30.3 Å². The summed E-state index contributed by atoms with van der Waals surface area (Å²) < 4.78 is 26.7. The number of aryl methyl sites for hydroxylation is 1. The van der Waals surface area contributed by atoms with Gasteiger partial charge in [0.05, 0.1) is 11.8 Å². The Morgan fingerprint density at radius 3 is 2.66 bits per heavy atom. The lowest BCUT2D eigenvalue weighted by Gasteiger charge is -2.32. The lowest BCUT2D eigenvalue weighted by Crippen LogP contribution is -2.35. The van der Waals surface area contributed by atoms with Crippen molar-refractivity contribution in [3.8, 4) is 0 Å². The molecule has 1 fully saturated rings. The molecule has 2 aliphatic heterocycles. The maximum Gasteiger partial charge on any atom is 0.214 e. The third-order valence-corrected chi connectivity index (χ3v) is 7.98. The molecule has 0 N–H and O–H groups in total. The van der Waals surface area contributed by atoms with Crippen LogP contribution < -0.4 is 4.90 Å². The minimum Gasteiger partial charge on any atom is -0.356 e. The van der Waals surface area contributed by atoms with E-state index in [1.165, 1.54) is 11.1 Å². The number of rotatable bonds is 6. The van der Waals surface area contributed by atoms with E-state index in [2.05, 4.69) is 29.2 Å². The summed E-state index contributed by atoms with van der Waals surface area (Å²) in [5, 5.41) is 0. The van der Waals surface area contributed by atoms with Crippen molar-refractivity contribution in [2.45, 2.75) is 52.0 Å². The average Bonchev–Trinajstić information content (AvgIpc) is 3.24. The van der Waals surface area contributed by atoms with Gasteiger partial charge in [-0.3, -0.25) is 0 Å². The van der Waals surface area contributed by atoms with Crippen LogP contribution in [0.4, 0.5) is 5.82 Å². The molecular weight excluding hydrogens is 384 g/mol. The van der Waals surface area contributed by atoms with Gasteiger partial charge < -0.3 is 4.90 Å². The monoisotopic (exact) mass is 414 g/mol. The summed E-state index contributed by atoms with van der Waals surface area (Å²) in [5.41, 5.74) is 3.53. The van der Waals surface area contributed by atoms with Crippen molar-refractivity contribution in [2.75, 3.05) is 30.3 Å². The van der Waals surface area contributed by atoms with Crippen molar-refractivity contribution < 1.29 is 8.42 Å². The molecule has 29 heavy (non-hydrogen) atoms. The molecule has 0 saturated carbocycles. The van der Waals surface area contributed by atoms with Crippen molar-refractivity contribution in [3.05, 3.63) is 53.0 Å². The van der Waals surface area contributed by atoms with Crippen LogP contribution in [0.5, 0.6) is 0 Å². The summed E-state index contributed by atoms with van der Waals surface area (Å²) in [6.07, 6.45) is 4.72. The van der Waals surface area contributed by atoms with Gasteiger partial charge in [-0.1, -0.05) is 30.3 Å². The predicted octanol–water partition coefficient (Wildman–Crippen LogP) is 3.27. The molecule has 2 aromatic rings. The number of anilines is 1. The number of sulfonamides is 1. The average molecular weight is 415 g/mol. The standard InChI is InChI=1S/C22H30N4O2S/c1-3-29(27,28)26-15-8-12-20(26)21-23-17(2)19-11-7-14-25(22(19)24-21)16-13-18-9-5-4-6-10-18/h4-6,9-10,20H,3,7-8,11-16H2,1-2H3/t20-/m0/s1. The molecule has 4 rings (SSSR count). The molecule has 0 unspecified atom stereocenters. The molecule has 2 aliphatic rings. The molecule has 1 saturated heterocycles. The maximum atomic E-state index is 12.5. The SMILES string of the molecule is CCS(=O)(=O)N1CCC[C@H]1c1nc(C)c2c(n1)N(CCc1ccccc1)CCC2. The van der Waals surface area contributed by atoms with E-state index in [0.717, 1.165) is 56.7 Å². The van der Waals surface area contributed by atoms with Crippen molar-refractivity contribution in [1.82, 2.24) is 14.3 Å². The number of hydrogen-bond acceptors (Lipinski definition) is 5. The zero-order chi connectivity index (χ0) is 20.4. The summed E-state index contributed by atoms with van der Waals surface area (Å²) >= 11 is 0. The molecule has 1 aromatic carbocycles. The Balaban J connectivity index is 1.63. The van der Waals surface area contributed by atoms with Crippen molar-refractivity contribution in [2.24, 2.45) is 0 Å². The lowest BCUT2D eigenvalue weighted by molar-refractivity contribution is 0.383. The molecule has 1 atom stereocenters. The first-order valence-corrected chi connectivity index (χ1v) is 12.3. The highest BCUT2D eigenvalue weighted by atomic mass is 32.2. The highest BCUT2D eigenvalue weighted by molar-refractivity contribution is 7.89. The van der Waals surface area contributed by atoms with Crippen LogP contribution >= 0.6 is 0 Å². The van der Waals surface area contributed by atoms with E-state index in [9.17, 15) is 8.42 Å². The lowest BCUT2D eigenvalue weighted by atomic mass is 10.0. The topological polar surface area (TPSA) is 66.4 Å². The van der Waals surface area contributed by atoms with Gasteiger partial charge in [-0.25, -0.2) is 18.4 Å².